The summed E-state index contributed by atoms with van der Waals surface area (Å²) in [6, 6.07) is 10.6. The van der Waals surface area contributed by atoms with E-state index in [0.29, 0.717) is 16.7 Å². The number of fused-ring (bicyclic) bond motifs is 1. The molecule has 116 valence electrons. The van der Waals surface area contributed by atoms with Crippen molar-refractivity contribution in [1.82, 2.24) is 4.98 Å². The first-order valence-electron chi connectivity index (χ1n) is 5.92. The molecule has 23 heavy (non-hydrogen) atoms. The van der Waals surface area contributed by atoms with E-state index in [1.165, 1.54) is 11.3 Å². The largest absolute Gasteiger partial charge is 2.00 e. The second kappa shape index (κ2) is 8.39. The van der Waals surface area contributed by atoms with Crippen LogP contribution in [-0.2, 0) is 0 Å². The number of hydrogen-bond donors (Lipinski definition) is 2. The van der Waals surface area contributed by atoms with Crippen LogP contribution in [0.25, 0.3) is 10.2 Å². The summed E-state index contributed by atoms with van der Waals surface area (Å²) < 4.78 is 27.1. The van der Waals surface area contributed by atoms with Crippen LogP contribution in [0.4, 0.5) is 24.4 Å². The molecule has 3 aromatic rings. The van der Waals surface area contributed by atoms with Crippen LogP contribution in [0.15, 0.2) is 36.4 Å². The van der Waals surface area contributed by atoms with Crippen LogP contribution < -0.4 is 10.6 Å². The van der Waals surface area contributed by atoms with Gasteiger partial charge in [-0.2, -0.15) is 35.6 Å². The van der Waals surface area contributed by atoms with Crippen LogP contribution in [0.5, 0.6) is 0 Å². The fraction of sp³-hybridized carbons (Fsp3) is 0. The molecule has 0 fully saturated rings. The summed E-state index contributed by atoms with van der Waals surface area (Å²) in [4.78, 5) is 15.9. The number of benzene rings is 2. The van der Waals surface area contributed by atoms with Gasteiger partial charge in [0.25, 0.3) is 0 Å². The van der Waals surface area contributed by atoms with E-state index >= 15 is 0 Å². The van der Waals surface area contributed by atoms with Crippen LogP contribution in [-0.4, -0.2) is 11.0 Å². The molecule has 0 atom stereocenters. The van der Waals surface area contributed by atoms with E-state index in [0.717, 1.165) is 16.8 Å². The minimum atomic E-state index is -0.845. The van der Waals surface area contributed by atoms with Crippen LogP contribution >= 0.6 is 11.3 Å². The number of rotatable bonds is 2. The van der Waals surface area contributed by atoms with Gasteiger partial charge in [0.2, 0.25) is 0 Å². The molecule has 0 saturated heterocycles. The number of hydrogen-bond acceptors (Lipinski definition) is 3. The average Bonchev–Trinajstić information content (AvgIpc) is 2.84. The normalized spacial score (nSPS) is 9.65. The van der Waals surface area contributed by atoms with Crippen molar-refractivity contribution in [1.29, 1.82) is 0 Å². The monoisotopic (exact) mass is 557 g/mol. The third kappa shape index (κ3) is 4.74. The van der Waals surface area contributed by atoms with Crippen molar-refractivity contribution in [2.45, 2.75) is 0 Å². The summed E-state index contributed by atoms with van der Waals surface area (Å²) in [5.74, 6) is -1.55. The molecule has 8 heteroatoms. The van der Waals surface area contributed by atoms with E-state index in [4.69, 9.17) is 0 Å². The van der Waals surface area contributed by atoms with E-state index in [1.807, 2.05) is 12.1 Å². The number of carbonyl (C=O) groups excluding carboxylic acids is 1. The molecule has 1 heterocycles. The molecule has 2 N–H and O–H groups in total. The Bertz CT molecular complexity index is 792. The zero-order valence-corrected chi connectivity index (χ0v) is 17.0. The summed E-state index contributed by atoms with van der Waals surface area (Å²) in [5, 5.41) is 5.16. The van der Waals surface area contributed by atoms with Gasteiger partial charge in [-0.25, -0.2) is 18.6 Å². The molecule has 0 bridgehead atoms. The topological polar surface area (TPSA) is 54.0 Å². The molecule has 0 radical (unpaired) electrons. The Morgan fingerprint density at radius 2 is 2.00 bits per heavy atom. The van der Waals surface area contributed by atoms with Crippen molar-refractivity contribution in [3.63, 3.8) is 0 Å². The molecule has 4 nitrogen and oxygen atoms in total. The van der Waals surface area contributed by atoms with Crippen molar-refractivity contribution in [3.05, 3.63) is 61.5 Å². The van der Waals surface area contributed by atoms with Crippen molar-refractivity contribution >= 4 is 38.4 Å². The van der Waals surface area contributed by atoms with Gasteiger partial charge in [0.05, 0.1) is 5.69 Å². The number of nitrogens with zero attached hydrogens (tertiary/aromatic N) is 1. The van der Waals surface area contributed by atoms with Crippen LogP contribution in [0.3, 0.4) is 0 Å². The van der Waals surface area contributed by atoms with Crippen molar-refractivity contribution in [3.8, 4) is 0 Å². The van der Waals surface area contributed by atoms with E-state index in [1.54, 1.807) is 6.07 Å². The van der Waals surface area contributed by atoms with Crippen LogP contribution in [0.2, 0.25) is 0 Å². The molecular formula is C15H11F2N3OSU. The predicted octanol–water partition coefficient (Wildman–Crippen LogP) is 4.47. The molecule has 1 aromatic heterocycles. The van der Waals surface area contributed by atoms with Gasteiger partial charge in [-0.3, -0.25) is 5.32 Å². The van der Waals surface area contributed by atoms with Gasteiger partial charge < -0.3 is 12.7 Å². The third-order valence-corrected chi connectivity index (χ3v) is 3.55. The number of anilines is 2. The Hall–Kier alpha value is -1.49. The molecule has 0 aliphatic carbocycles. The molecular weight excluding hydrogens is 546 g/mol. The minimum Gasteiger partial charge on any atom is -0.358 e. The van der Waals surface area contributed by atoms with Gasteiger partial charge in [-0.05, 0) is 17.6 Å². The van der Waals surface area contributed by atoms with E-state index in [2.05, 4.69) is 21.7 Å². The third-order valence-electron chi connectivity index (χ3n) is 2.62. The second-order valence-corrected chi connectivity index (χ2v) is 5.14. The van der Waals surface area contributed by atoms with Gasteiger partial charge in [0.15, 0.2) is 5.13 Å². The summed E-state index contributed by atoms with van der Waals surface area (Å²) in [6.07, 6.45) is 0. The Morgan fingerprint density at radius 3 is 2.70 bits per heavy atom. The summed E-state index contributed by atoms with van der Waals surface area (Å²) in [7, 11) is 0. The number of nitrogens with one attached hydrogen (secondary N) is 2. The molecule has 0 aliphatic heterocycles. The zero-order valence-electron chi connectivity index (χ0n) is 12.0. The Kier molecular flexibility index (Phi) is 7.13. The molecule has 0 saturated carbocycles. The van der Waals surface area contributed by atoms with Gasteiger partial charge >= 0.3 is 37.1 Å². The first-order chi connectivity index (χ1) is 10.1. The first kappa shape index (κ1) is 19.6. The van der Waals surface area contributed by atoms with E-state index in [-0.39, 0.29) is 44.2 Å². The van der Waals surface area contributed by atoms with Gasteiger partial charge in [0.1, 0.15) is 11.6 Å². The maximum atomic E-state index is 13.4. The summed E-state index contributed by atoms with van der Waals surface area (Å²) in [6.45, 7) is 0. The van der Waals surface area contributed by atoms with Crippen LogP contribution in [0.1, 0.15) is 0 Å². The first-order valence-corrected chi connectivity index (χ1v) is 6.74. The van der Waals surface area contributed by atoms with Gasteiger partial charge in [-0.15, -0.1) is 0 Å². The van der Waals surface area contributed by atoms with Gasteiger partial charge in [-0.1, -0.05) is 4.70 Å². The summed E-state index contributed by atoms with van der Waals surface area (Å²) in [5.41, 5.74) is 0.535. The maximum Gasteiger partial charge on any atom is 2.00 e. The fourth-order valence-corrected chi connectivity index (χ4v) is 2.54. The van der Waals surface area contributed by atoms with Crippen molar-refractivity contribution < 1.29 is 44.7 Å². The smallest absolute Gasteiger partial charge is 0.358 e. The quantitative estimate of drug-likeness (QED) is 0.458. The second-order valence-electron chi connectivity index (χ2n) is 4.11. The van der Waals surface area contributed by atoms with Crippen molar-refractivity contribution in [2.24, 2.45) is 0 Å². The Morgan fingerprint density at radius 1 is 1.22 bits per heavy atom. The Labute approximate surface area is 159 Å². The average molecular weight is 557 g/mol. The Balaban J connectivity index is 0.00000132. The standard InChI is InChI=1S/C14H8F2N3OS.CH3.U/c15-8-5-6-10(9(16)7-8)17-13(20)19-14-18-11-3-1-2-4-12(11)21-14;;/h1-2,4-7H,(H2,17,18,19,20);1H3;/q2*-1;+2. The SMILES string of the molecule is O=C(Nc1nc2[c-]cccc2s1)Nc1ccc(F)cc1F.[CH3-].[U+2]. The van der Waals surface area contributed by atoms with Crippen LogP contribution in [0, 0.1) is 56.2 Å². The zero-order chi connectivity index (χ0) is 14.8. The van der Waals surface area contributed by atoms with E-state index in [9.17, 15) is 13.6 Å². The number of urea groups is 1. The fourth-order valence-electron chi connectivity index (χ4n) is 1.71. The van der Waals surface area contributed by atoms with Crippen molar-refractivity contribution in [2.75, 3.05) is 10.6 Å². The number of aromatic nitrogens is 1. The molecule has 0 aliphatic rings. The molecule has 0 spiro atoms. The number of para-hydroxylation sites is 1. The predicted molar refractivity (Wildman–Crippen MR) is 83.9 cm³/mol. The molecule has 0 unspecified atom stereocenters. The minimum absolute atomic E-state index is 0. The van der Waals surface area contributed by atoms with E-state index < -0.39 is 17.7 Å². The molecule has 2 amide bonds. The number of thiazole rings is 1. The summed E-state index contributed by atoms with van der Waals surface area (Å²) >= 11 is 1.27. The van der Waals surface area contributed by atoms with Gasteiger partial charge in [0, 0.05) is 6.07 Å². The molecule has 2 aromatic carbocycles. The number of amides is 2. The number of halogens is 2. The number of carbonyl (C=O) groups is 1. The maximum absolute atomic E-state index is 13.4. The molecule has 3 rings (SSSR count).